The van der Waals surface area contributed by atoms with Gasteiger partial charge in [-0.25, -0.2) is 9.59 Å². The minimum atomic E-state index is -3.91. The largest absolute Gasteiger partial charge is 0.453 e. The molecule has 1 aliphatic heterocycles. The van der Waals surface area contributed by atoms with Crippen LogP contribution in [0.1, 0.15) is 37.5 Å². The predicted molar refractivity (Wildman–Crippen MR) is 135 cm³/mol. The van der Waals surface area contributed by atoms with E-state index >= 15 is 8.78 Å². The monoisotopic (exact) mass is 567 g/mol. The van der Waals surface area contributed by atoms with Crippen molar-refractivity contribution in [1.29, 1.82) is 0 Å². The van der Waals surface area contributed by atoms with Crippen molar-refractivity contribution in [1.82, 2.24) is 9.55 Å². The van der Waals surface area contributed by atoms with Crippen molar-refractivity contribution < 1.29 is 47.2 Å². The fourth-order valence-corrected chi connectivity index (χ4v) is 3.98. The summed E-state index contributed by atoms with van der Waals surface area (Å²) in [6.07, 6.45) is -5.17. The van der Waals surface area contributed by atoms with E-state index in [0.717, 1.165) is 17.8 Å². The van der Waals surface area contributed by atoms with Crippen LogP contribution in [-0.2, 0) is 35.0 Å². The lowest BCUT2D eigenvalue weighted by Gasteiger charge is -2.24. The average Bonchev–Trinajstić information content (AvgIpc) is 3.16. The first kappa shape index (κ1) is 30.8. The van der Waals surface area contributed by atoms with Crippen LogP contribution in [0.2, 0.25) is 0 Å². The van der Waals surface area contributed by atoms with Gasteiger partial charge < -0.3 is 24.1 Å². The Bertz CT molecular complexity index is 1210. The summed E-state index contributed by atoms with van der Waals surface area (Å²) < 4.78 is 50.7. The van der Waals surface area contributed by atoms with Crippen LogP contribution in [-0.4, -0.2) is 77.6 Å². The number of amides is 1. The van der Waals surface area contributed by atoms with Gasteiger partial charge in [0.1, 0.15) is 24.3 Å². The number of ether oxygens (including phenoxy) is 4. The molecule has 1 amide bonds. The molecular formula is C26H31F2N3O9. The highest BCUT2D eigenvalue weighted by Crippen LogP contribution is 2.44. The summed E-state index contributed by atoms with van der Waals surface area (Å²) in [6.45, 7) is -0.827. The molecule has 40 heavy (non-hydrogen) atoms. The van der Waals surface area contributed by atoms with Crippen LogP contribution in [0.15, 0.2) is 47.4 Å². The van der Waals surface area contributed by atoms with Crippen LogP contribution in [0, 0.1) is 0 Å². The number of nitrogens with one attached hydrogen (secondary N) is 1. The van der Waals surface area contributed by atoms with E-state index in [4.69, 9.17) is 18.9 Å². The number of aliphatic hydroxyl groups is 1. The van der Waals surface area contributed by atoms with Crippen molar-refractivity contribution >= 4 is 23.7 Å². The molecule has 12 nitrogen and oxygen atoms in total. The Balaban J connectivity index is 1.54. The third-order valence-electron chi connectivity index (χ3n) is 5.95. The van der Waals surface area contributed by atoms with Crippen LogP contribution < -0.4 is 11.0 Å². The fourth-order valence-electron chi connectivity index (χ4n) is 3.98. The van der Waals surface area contributed by atoms with Gasteiger partial charge in [-0.05, 0) is 24.5 Å². The molecule has 2 aromatic rings. The molecule has 0 radical (unpaired) electrons. The summed E-state index contributed by atoms with van der Waals surface area (Å²) in [7, 11) is 1.41. The Hall–Kier alpha value is -3.75. The first-order valence-corrected chi connectivity index (χ1v) is 12.6. The molecule has 218 valence electrons. The van der Waals surface area contributed by atoms with E-state index in [9.17, 15) is 24.3 Å². The van der Waals surface area contributed by atoms with Crippen LogP contribution in [0.25, 0.3) is 0 Å². The normalized spacial score (nSPS) is 19.6. The fraction of sp³-hybridized carbons (Fsp3) is 0.500. The Morgan fingerprint density at radius 2 is 1.85 bits per heavy atom. The number of hydrogen-bond donors (Lipinski definition) is 2. The van der Waals surface area contributed by atoms with E-state index in [1.807, 2.05) is 30.3 Å². The second-order valence-corrected chi connectivity index (χ2v) is 8.96. The number of carbonyl (C=O) groups is 3. The van der Waals surface area contributed by atoms with Gasteiger partial charge in [0, 0.05) is 32.6 Å². The second kappa shape index (κ2) is 14.6. The molecule has 3 atom stereocenters. The lowest BCUT2D eigenvalue weighted by molar-refractivity contribution is -0.176. The molecule has 0 bridgehead atoms. The van der Waals surface area contributed by atoms with Crippen LogP contribution in [0.3, 0.4) is 0 Å². The van der Waals surface area contributed by atoms with Gasteiger partial charge >= 0.3 is 23.7 Å². The molecule has 0 saturated carbocycles. The second-order valence-electron chi connectivity index (χ2n) is 8.96. The first-order chi connectivity index (χ1) is 19.1. The molecule has 3 rings (SSSR count). The number of hydrogen-bond acceptors (Lipinski definition) is 10. The Morgan fingerprint density at radius 3 is 2.52 bits per heavy atom. The van der Waals surface area contributed by atoms with E-state index in [1.54, 1.807) is 0 Å². The lowest BCUT2D eigenvalue weighted by atomic mass is 10.0. The zero-order valence-electron chi connectivity index (χ0n) is 21.8. The van der Waals surface area contributed by atoms with Gasteiger partial charge in [-0.2, -0.15) is 13.8 Å². The third kappa shape index (κ3) is 8.37. The number of rotatable bonds is 14. The van der Waals surface area contributed by atoms with Crippen LogP contribution in [0.4, 0.5) is 19.4 Å². The number of carbonyl (C=O) groups excluding carboxylic acids is 3. The number of esters is 1. The van der Waals surface area contributed by atoms with E-state index in [1.165, 1.54) is 7.11 Å². The standard InChI is InChI=1S/C26H31F2N3O9/c1-37-13-14-38-25(36)30-20-11-12-31(24(35)29-20)23-26(27,28)22(19(16-32)39-23)40-21(34)10-6-5-9-18(33)15-17-7-3-2-4-8-17/h2-4,7-8,11-12,19,22-23,32H,5-6,9-10,13-16H2,1H3,(H,29,30,35,36)/t19-,22-,23-/m1/s1. The summed E-state index contributed by atoms with van der Waals surface area (Å²) in [5, 5.41) is 11.8. The van der Waals surface area contributed by atoms with Crippen molar-refractivity contribution in [2.45, 2.75) is 56.5 Å². The van der Waals surface area contributed by atoms with Gasteiger partial charge in [-0.15, -0.1) is 0 Å². The van der Waals surface area contributed by atoms with E-state index in [2.05, 4.69) is 10.3 Å². The average molecular weight is 568 g/mol. The van der Waals surface area contributed by atoms with Gasteiger partial charge in [0.25, 0.3) is 0 Å². The summed E-state index contributed by atoms with van der Waals surface area (Å²) in [5.41, 5.74) is -0.316. The molecule has 1 aromatic heterocycles. The molecule has 2 N–H and O–H groups in total. The van der Waals surface area contributed by atoms with E-state index < -0.39 is 48.7 Å². The number of ketones is 1. The van der Waals surface area contributed by atoms with Gasteiger partial charge in [-0.3, -0.25) is 19.5 Å². The molecular weight excluding hydrogens is 536 g/mol. The number of unbranched alkanes of at least 4 members (excludes halogenated alkanes) is 1. The third-order valence-corrected chi connectivity index (χ3v) is 5.95. The molecule has 1 aromatic carbocycles. The molecule has 0 spiro atoms. The number of anilines is 1. The van der Waals surface area contributed by atoms with Crippen molar-refractivity contribution in [2.75, 3.05) is 32.2 Å². The highest BCUT2D eigenvalue weighted by molar-refractivity contribution is 5.83. The summed E-state index contributed by atoms with van der Waals surface area (Å²) in [5.74, 6) is -5.13. The number of aliphatic hydroxyl groups excluding tert-OH is 1. The van der Waals surface area contributed by atoms with Crippen LogP contribution >= 0.6 is 0 Å². The maximum atomic E-state index is 15.3. The number of alkyl halides is 2. The molecule has 1 saturated heterocycles. The molecule has 1 fully saturated rings. The number of methoxy groups -OCH3 is 1. The highest BCUT2D eigenvalue weighted by Gasteiger charge is 2.62. The molecule has 1 aliphatic rings. The summed E-state index contributed by atoms with van der Waals surface area (Å²) in [4.78, 5) is 52.1. The predicted octanol–water partition coefficient (Wildman–Crippen LogP) is 2.25. The van der Waals surface area contributed by atoms with Gasteiger partial charge in [-0.1, -0.05) is 30.3 Å². The smallest absolute Gasteiger partial charge is 0.412 e. The molecule has 14 heteroatoms. The van der Waals surface area contributed by atoms with Crippen molar-refractivity contribution in [3.05, 3.63) is 58.6 Å². The Kier molecular flexibility index (Phi) is 11.2. The highest BCUT2D eigenvalue weighted by atomic mass is 19.3. The van der Waals surface area contributed by atoms with E-state index in [-0.39, 0.29) is 50.5 Å². The lowest BCUT2D eigenvalue weighted by Crippen LogP contribution is -2.44. The summed E-state index contributed by atoms with van der Waals surface area (Å²) >= 11 is 0. The first-order valence-electron chi connectivity index (χ1n) is 12.6. The van der Waals surface area contributed by atoms with Crippen molar-refractivity contribution in [2.24, 2.45) is 0 Å². The molecule has 0 aliphatic carbocycles. The summed E-state index contributed by atoms with van der Waals surface area (Å²) in [6, 6.07) is 10.2. The molecule has 0 unspecified atom stereocenters. The molecule has 2 heterocycles. The maximum Gasteiger partial charge on any atom is 0.412 e. The van der Waals surface area contributed by atoms with Gasteiger partial charge in [0.2, 0.25) is 6.23 Å². The van der Waals surface area contributed by atoms with Crippen molar-refractivity contribution in [3.63, 3.8) is 0 Å². The number of halogens is 2. The van der Waals surface area contributed by atoms with Crippen LogP contribution in [0.5, 0.6) is 0 Å². The Morgan fingerprint density at radius 1 is 1.12 bits per heavy atom. The maximum absolute atomic E-state index is 15.3. The quantitative estimate of drug-likeness (QED) is 0.256. The number of benzene rings is 1. The number of nitrogens with zero attached hydrogens (tertiary/aromatic N) is 2. The SMILES string of the molecule is COCCOC(=O)Nc1ccn([C@@H]2O[C@H](CO)[C@@H](OC(=O)CCCCC(=O)Cc3ccccc3)C2(F)F)c(=O)n1. The number of aromatic nitrogens is 2. The van der Waals surface area contributed by atoms with E-state index in [0.29, 0.717) is 11.0 Å². The minimum absolute atomic E-state index is 0.0123. The van der Waals surface area contributed by atoms with Gasteiger partial charge in [0.15, 0.2) is 6.10 Å². The zero-order valence-corrected chi connectivity index (χ0v) is 21.8. The van der Waals surface area contributed by atoms with Gasteiger partial charge in [0.05, 0.1) is 13.2 Å². The minimum Gasteiger partial charge on any atom is -0.453 e. The van der Waals surface area contributed by atoms with Crippen molar-refractivity contribution in [3.8, 4) is 0 Å². The zero-order chi connectivity index (χ0) is 29.1. The number of Topliss-reactive ketones (excluding diaryl/α,β-unsaturated/α-hetero) is 1. The Labute approximate surface area is 228 Å². The topological polar surface area (TPSA) is 155 Å².